The Morgan fingerprint density at radius 1 is 1.09 bits per heavy atom. The highest BCUT2D eigenvalue weighted by Crippen LogP contribution is 2.01. The first-order valence-electron chi connectivity index (χ1n) is 3.82. The molecule has 1 aromatic carbocycles. The first-order chi connectivity index (χ1) is 5.29. The summed E-state index contributed by atoms with van der Waals surface area (Å²) in [6.07, 6.45) is 2.20. The van der Waals surface area contributed by atoms with E-state index < -0.39 is 0 Å². The highest BCUT2D eigenvalue weighted by molar-refractivity contribution is 6.62. The molecule has 0 aliphatic carbocycles. The molecule has 0 saturated heterocycles. The van der Waals surface area contributed by atoms with Gasteiger partial charge >= 0.3 is 0 Å². The minimum absolute atomic E-state index is 0.213. The molecule has 0 aliphatic rings. The Labute approximate surface area is 70.2 Å². The zero-order chi connectivity index (χ0) is 8.10. The van der Waals surface area contributed by atoms with Crippen LogP contribution in [0.5, 0.6) is 0 Å². The van der Waals surface area contributed by atoms with Crippen molar-refractivity contribution in [2.24, 2.45) is 0 Å². The second kappa shape index (κ2) is 4.14. The largest absolute Gasteiger partial charge is 0.0961 e. The smallest absolute Gasteiger partial charge is 0.0693 e. The number of hydrogen-bond acceptors (Lipinski definition) is 0. The van der Waals surface area contributed by atoms with Crippen LogP contribution in [0, 0.1) is 0 Å². The Kier molecular flexibility index (Phi) is 3.11. The van der Waals surface area contributed by atoms with Crippen molar-refractivity contribution in [3.63, 3.8) is 0 Å². The molecule has 0 heterocycles. The minimum atomic E-state index is -0.213. The maximum atomic E-state index is 2.31. The summed E-state index contributed by atoms with van der Waals surface area (Å²) in [7, 11) is -0.213. The second-order valence-corrected chi connectivity index (χ2v) is 5.31. The summed E-state index contributed by atoms with van der Waals surface area (Å²) >= 11 is 0. The molecule has 0 atom stereocenters. The third kappa shape index (κ3) is 3.19. The zero-order valence-corrected chi connectivity index (χ0v) is 8.04. The van der Waals surface area contributed by atoms with E-state index in [0.717, 1.165) is 0 Å². The Morgan fingerprint density at radius 3 is 2.27 bits per heavy atom. The van der Waals surface area contributed by atoms with Crippen molar-refractivity contribution in [3.8, 4) is 0 Å². The van der Waals surface area contributed by atoms with Gasteiger partial charge in [-0.3, -0.25) is 0 Å². The summed E-state index contributed by atoms with van der Waals surface area (Å²) in [6.45, 7) is 4.56. The first-order valence-corrected chi connectivity index (χ1v) is 6.40. The van der Waals surface area contributed by atoms with Crippen LogP contribution in [0.1, 0.15) is 5.56 Å². The van der Waals surface area contributed by atoms with Crippen molar-refractivity contribution in [3.05, 3.63) is 41.6 Å². The minimum Gasteiger partial charge on any atom is -0.0961 e. The summed E-state index contributed by atoms with van der Waals surface area (Å²) in [5.41, 5.74) is 3.61. The van der Waals surface area contributed by atoms with Crippen molar-refractivity contribution in [1.29, 1.82) is 0 Å². The fraction of sp³-hybridized carbons (Fsp3) is 0.200. The highest BCUT2D eigenvalue weighted by Gasteiger charge is 1.86. The van der Waals surface area contributed by atoms with Crippen molar-refractivity contribution in [2.75, 3.05) is 0 Å². The Balaban J connectivity index is 2.65. The van der Waals surface area contributed by atoms with Crippen molar-refractivity contribution in [2.45, 2.75) is 13.1 Å². The lowest BCUT2D eigenvalue weighted by molar-refractivity contribution is 1.66. The number of rotatable bonds is 2. The van der Waals surface area contributed by atoms with Crippen LogP contribution in [0.3, 0.4) is 0 Å². The van der Waals surface area contributed by atoms with E-state index in [1.54, 1.807) is 0 Å². The van der Waals surface area contributed by atoms with Crippen LogP contribution in [0.15, 0.2) is 36.0 Å². The molecule has 0 aliphatic heterocycles. The van der Waals surface area contributed by atoms with Gasteiger partial charge in [-0.1, -0.05) is 55.2 Å². The van der Waals surface area contributed by atoms with Crippen molar-refractivity contribution < 1.29 is 0 Å². The molecule has 0 spiro atoms. The Hall–Kier alpha value is -0.823. The third-order valence-electron chi connectivity index (χ3n) is 1.41. The van der Waals surface area contributed by atoms with Crippen LogP contribution in [0.2, 0.25) is 13.1 Å². The van der Waals surface area contributed by atoms with E-state index in [0.29, 0.717) is 0 Å². The predicted molar refractivity (Wildman–Crippen MR) is 53.0 cm³/mol. The molecular weight excluding hydrogens is 148 g/mol. The SMILES string of the molecule is C[Si](C)/C=C/c1ccccc1. The van der Waals surface area contributed by atoms with Crippen LogP contribution in [-0.4, -0.2) is 8.80 Å². The third-order valence-corrected chi connectivity index (χ3v) is 2.24. The highest BCUT2D eigenvalue weighted by atomic mass is 28.3. The molecular formula is C10H13Si. The summed E-state index contributed by atoms with van der Waals surface area (Å²) in [6, 6.07) is 10.4. The van der Waals surface area contributed by atoms with Gasteiger partial charge in [0.15, 0.2) is 0 Å². The van der Waals surface area contributed by atoms with E-state index in [1.165, 1.54) is 5.56 Å². The monoisotopic (exact) mass is 161 g/mol. The summed E-state index contributed by atoms with van der Waals surface area (Å²) in [5, 5.41) is 0. The molecule has 0 amide bonds. The van der Waals surface area contributed by atoms with E-state index in [2.05, 4.69) is 49.1 Å². The fourth-order valence-corrected chi connectivity index (χ4v) is 1.35. The normalized spacial score (nSPS) is 11.2. The number of hydrogen-bond donors (Lipinski definition) is 0. The van der Waals surface area contributed by atoms with E-state index in [4.69, 9.17) is 0 Å². The molecule has 0 bridgehead atoms. The van der Waals surface area contributed by atoms with Gasteiger partial charge in [-0.2, -0.15) is 0 Å². The standard InChI is InChI=1S/C10H13Si/c1-11(2)9-8-10-6-4-3-5-7-10/h3-9H,1-2H3/b9-8+. The summed E-state index contributed by atoms with van der Waals surface area (Å²) in [4.78, 5) is 0. The molecule has 0 saturated carbocycles. The molecule has 1 rings (SSSR count). The fourth-order valence-electron chi connectivity index (χ4n) is 0.827. The van der Waals surface area contributed by atoms with Crippen LogP contribution >= 0.6 is 0 Å². The van der Waals surface area contributed by atoms with Crippen molar-refractivity contribution >= 4 is 14.9 Å². The zero-order valence-electron chi connectivity index (χ0n) is 7.04. The molecule has 1 heteroatoms. The van der Waals surface area contributed by atoms with Gasteiger partial charge < -0.3 is 0 Å². The lowest BCUT2D eigenvalue weighted by atomic mass is 10.2. The predicted octanol–water partition coefficient (Wildman–Crippen LogP) is 2.99. The maximum Gasteiger partial charge on any atom is 0.0693 e. The molecule has 0 unspecified atom stereocenters. The maximum absolute atomic E-state index is 2.31. The molecule has 0 N–H and O–H groups in total. The Bertz CT molecular complexity index is 224. The van der Waals surface area contributed by atoms with Gasteiger partial charge in [0.1, 0.15) is 0 Å². The van der Waals surface area contributed by atoms with E-state index in [1.807, 2.05) is 6.07 Å². The van der Waals surface area contributed by atoms with Gasteiger partial charge in [0.2, 0.25) is 0 Å². The molecule has 0 aromatic heterocycles. The van der Waals surface area contributed by atoms with Crippen LogP contribution in [0.25, 0.3) is 6.08 Å². The van der Waals surface area contributed by atoms with E-state index in [-0.39, 0.29) is 8.80 Å². The van der Waals surface area contributed by atoms with Crippen molar-refractivity contribution in [1.82, 2.24) is 0 Å². The lowest BCUT2D eigenvalue weighted by Gasteiger charge is -1.92. The molecule has 11 heavy (non-hydrogen) atoms. The first kappa shape index (κ1) is 8.28. The lowest BCUT2D eigenvalue weighted by Crippen LogP contribution is -1.91. The molecule has 0 nitrogen and oxygen atoms in total. The average molecular weight is 161 g/mol. The topological polar surface area (TPSA) is 0 Å². The van der Waals surface area contributed by atoms with Crippen LogP contribution in [-0.2, 0) is 0 Å². The van der Waals surface area contributed by atoms with Gasteiger partial charge in [-0.15, -0.1) is 0 Å². The van der Waals surface area contributed by atoms with E-state index in [9.17, 15) is 0 Å². The van der Waals surface area contributed by atoms with Crippen LogP contribution < -0.4 is 0 Å². The quantitative estimate of drug-likeness (QED) is 0.585. The van der Waals surface area contributed by atoms with Gasteiger partial charge in [0, 0.05) is 0 Å². The molecule has 0 fully saturated rings. The summed E-state index contributed by atoms with van der Waals surface area (Å²) < 4.78 is 0. The second-order valence-electron chi connectivity index (χ2n) is 2.82. The van der Waals surface area contributed by atoms with Gasteiger partial charge in [0.05, 0.1) is 8.80 Å². The average Bonchev–Trinajstić information content (AvgIpc) is 2.03. The molecule has 1 aromatic rings. The van der Waals surface area contributed by atoms with Crippen LogP contribution in [0.4, 0.5) is 0 Å². The van der Waals surface area contributed by atoms with Gasteiger partial charge in [-0.05, 0) is 5.56 Å². The molecule has 57 valence electrons. The van der Waals surface area contributed by atoms with Gasteiger partial charge in [-0.25, -0.2) is 0 Å². The van der Waals surface area contributed by atoms with Gasteiger partial charge in [0.25, 0.3) is 0 Å². The Morgan fingerprint density at radius 2 is 1.73 bits per heavy atom. The summed E-state index contributed by atoms with van der Waals surface area (Å²) in [5.74, 6) is 0. The molecule has 1 radical (unpaired) electrons. The van der Waals surface area contributed by atoms with E-state index >= 15 is 0 Å². The number of benzene rings is 1.